The van der Waals surface area contributed by atoms with Crippen LogP contribution in [0.1, 0.15) is 27.8 Å². The van der Waals surface area contributed by atoms with E-state index < -0.39 is 0 Å². The van der Waals surface area contributed by atoms with E-state index in [-0.39, 0.29) is 0 Å². The number of rotatable bonds is 6. The van der Waals surface area contributed by atoms with Gasteiger partial charge >= 0.3 is 0 Å². The Bertz CT molecular complexity index is 1430. The van der Waals surface area contributed by atoms with Gasteiger partial charge in [-0.3, -0.25) is 0 Å². The molecule has 35 heavy (non-hydrogen) atoms. The van der Waals surface area contributed by atoms with Crippen LogP contribution < -0.4 is 5.32 Å². The highest BCUT2D eigenvalue weighted by Gasteiger charge is 2.04. The summed E-state index contributed by atoms with van der Waals surface area (Å²) < 4.78 is 0. The van der Waals surface area contributed by atoms with Gasteiger partial charge in [0, 0.05) is 16.8 Å². The van der Waals surface area contributed by atoms with Gasteiger partial charge < -0.3 is 5.32 Å². The molecule has 5 aromatic rings. The third-order valence-corrected chi connectivity index (χ3v) is 6.26. The van der Waals surface area contributed by atoms with E-state index in [4.69, 9.17) is 0 Å². The maximum absolute atomic E-state index is 3.56. The zero-order valence-electron chi connectivity index (χ0n) is 20.2. The standard InChI is InChI=1S/C34H29N/c1-25-13-19-29(20-14-25)32(30-21-15-26(2)16-22-30)11-5-7-27-17-23-31(24-18-27)35-34-12-6-9-28-8-3-4-10-33(28)34/h3-24,35H,1-2H3/b7-5+. The lowest BCUT2D eigenvalue weighted by molar-refractivity contribution is 1.43. The molecule has 0 radical (unpaired) electrons. The second-order valence-electron chi connectivity index (χ2n) is 8.95. The Morgan fingerprint density at radius 2 is 1.20 bits per heavy atom. The highest BCUT2D eigenvalue weighted by Crippen LogP contribution is 2.27. The molecule has 0 saturated carbocycles. The molecule has 0 bridgehead atoms. The minimum absolute atomic E-state index is 1.08. The van der Waals surface area contributed by atoms with Crippen molar-refractivity contribution in [3.63, 3.8) is 0 Å². The van der Waals surface area contributed by atoms with E-state index in [1.807, 2.05) is 0 Å². The predicted octanol–water partition coefficient (Wildman–Crippen LogP) is 9.35. The monoisotopic (exact) mass is 451 g/mol. The predicted molar refractivity (Wildman–Crippen MR) is 152 cm³/mol. The molecule has 0 fully saturated rings. The Kier molecular flexibility index (Phi) is 6.59. The summed E-state index contributed by atoms with van der Waals surface area (Å²) in [6.45, 7) is 4.25. The van der Waals surface area contributed by atoms with Gasteiger partial charge in [0.25, 0.3) is 0 Å². The first-order chi connectivity index (χ1) is 17.2. The number of hydrogen-bond donors (Lipinski definition) is 1. The maximum atomic E-state index is 3.56. The third-order valence-electron chi connectivity index (χ3n) is 6.26. The van der Waals surface area contributed by atoms with Crippen LogP contribution in [0.25, 0.3) is 22.4 Å². The van der Waals surface area contributed by atoms with Gasteiger partial charge in [0.15, 0.2) is 0 Å². The van der Waals surface area contributed by atoms with E-state index in [9.17, 15) is 0 Å². The summed E-state index contributed by atoms with van der Waals surface area (Å²) in [6.07, 6.45) is 6.50. The largest absolute Gasteiger partial charge is 0.355 e. The van der Waals surface area contributed by atoms with Crippen LogP contribution in [0.4, 0.5) is 11.4 Å². The molecule has 0 aliphatic rings. The Hall–Kier alpha value is -4.36. The number of fused-ring (bicyclic) bond motifs is 1. The van der Waals surface area contributed by atoms with Gasteiger partial charge in [-0.1, -0.05) is 126 Å². The van der Waals surface area contributed by atoms with E-state index in [2.05, 4.69) is 153 Å². The van der Waals surface area contributed by atoms with Gasteiger partial charge in [-0.25, -0.2) is 0 Å². The molecule has 0 atom stereocenters. The fourth-order valence-electron chi connectivity index (χ4n) is 4.25. The summed E-state index contributed by atoms with van der Waals surface area (Å²) in [4.78, 5) is 0. The number of nitrogens with one attached hydrogen (secondary N) is 1. The summed E-state index contributed by atoms with van der Waals surface area (Å²) in [5.74, 6) is 0. The second kappa shape index (κ2) is 10.3. The Balaban J connectivity index is 1.37. The van der Waals surface area contributed by atoms with Crippen LogP contribution in [0.15, 0.2) is 127 Å². The van der Waals surface area contributed by atoms with Crippen LogP contribution in [0.2, 0.25) is 0 Å². The molecule has 0 aliphatic carbocycles. The molecule has 170 valence electrons. The zero-order chi connectivity index (χ0) is 24.0. The molecule has 0 heterocycles. The van der Waals surface area contributed by atoms with Crippen LogP contribution in [0, 0.1) is 13.8 Å². The molecule has 0 unspecified atom stereocenters. The van der Waals surface area contributed by atoms with Crippen molar-refractivity contribution in [1.29, 1.82) is 0 Å². The van der Waals surface area contributed by atoms with E-state index >= 15 is 0 Å². The van der Waals surface area contributed by atoms with E-state index in [1.54, 1.807) is 0 Å². The Morgan fingerprint density at radius 3 is 1.86 bits per heavy atom. The van der Waals surface area contributed by atoms with Gasteiger partial charge in [0.05, 0.1) is 0 Å². The van der Waals surface area contributed by atoms with Crippen molar-refractivity contribution in [2.75, 3.05) is 5.32 Å². The van der Waals surface area contributed by atoms with E-state index in [0.717, 1.165) is 16.9 Å². The number of anilines is 2. The molecular formula is C34H29N. The van der Waals surface area contributed by atoms with Crippen LogP contribution in [-0.2, 0) is 0 Å². The van der Waals surface area contributed by atoms with Crippen molar-refractivity contribution in [2.45, 2.75) is 13.8 Å². The van der Waals surface area contributed by atoms with Crippen LogP contribution in [-0.4, -0.2) is 0 Å². The second-order valence-corrected chi connectivity index (χ2v) is 8.95. The fraction of sp³-hybridized carbons (Fsp3) is 0.0588. The first kappa shape index (κ1) is 22.4. The molecule has 0 aromatic heterocycles. The number of allylic oxidation sites excluding steroid dienone is 2. The fourth-order valence-corrected chi connectivity index (χ4v) is 4.25. The molecule has 0 spiro atoms. The average Bonchev–Trinajstić information content (AvgIpc) is 2.89. The summed E-state index contributed by atoms with van der Waals surface area (Å²) >= 11 is 0. The lowest BCUT2D eigenvalue weighted by Crippen LogP contribution is -1.91. The van der Waals surface area contributed by atoms with Crippen LogP contribution in [0.5, 0.6) is 0 Å². The van der Waals surface area contributed by atoms with E-state index in [1.165, 1.54) is 38.6 Å². The van der Waals surface area contributed by atoms with Gasteiger partial charge in [0.1, 0.15) is 0 Å². The van der Waals surface area contributed by atoms with E-state index in [0.29, 0.717) is 0 Å². The number of hydrogen-bond acceptors (Lipinski definition) is 1. The average molecular weight is 452 g/mol. The summed E-state index contributed by atoms with van der Waals surface area (Å²) in [7, 11) is 0. The Labute approximate surface area is 208 Å². The first-order valence-electron chi connectivity index (χ1n) is 12.0. The molecule has 1 N–H and O–H groups in total. The molecular weight excluding hydrogens is 422 g/mol. The minimum Gasteiger partial charge on any atom is -0.355 e. The Morgan fingerprint density at radius 1 is 0.600 bits per heavy atom. The van der Waals surface area contributed by atoms with Gasteiger partial charge in [-0.05, 0) is 59.7 Å². The topological polar surface area (TPSA) is 12.0 Å². The number of benzene rings is 5. The molecule has 1 heteroatoms. The molecule has 0 saturated heterocycles. The molecule has 1 nitrogen and oxygen atoms in total. The quantitative estimate of drug-likeness (QED) is 0.254. The lowest BCUT2D eigenvalue weighted by Gasteiger charge is -2.10. The van der Waals surface area contributed by atoms with Crippen molar-refractivity contribution >= 4 is 33.8 Å². The van der Waals surface area contributed by atoms with Crippen molar-refractivity contribution < 1.29 is 0 Å². The number of aryl methyl sites for hydroxylation is 2. The van der Waals surface area contributed by atoms with Gasteiger partial charge in [-0.2, -0.15) is 0 Å². The van der Waals surface area contributed by atoms with Gasteiger partial charge in [0.2, 0.25) is 0 Å². The van der Waals surface area contributed by atoms with Crippen LogP contribution >= 0.6 is 0 Å². The molecule has 0 amide bonds. The van der Waals surface area contributed by atoms with Crippen molar-refractivity contribution in [3.05, 3.63) is 155 Å². The third kappa shape index (κ3) is 5.42. The normalized spacial score (nSPS) is 11.0. The lowest BCUT2D eigenvalue weighted by atomic mass is 9.96. The smallest absolute Gasteiger partial charge is 0.0463 e. The summed E-state index contributed by atoms with van der Waals surface area (Å²) in [6, 6.07) is 40.8. The maximum Gasteiger partial charge on any atom is 0.0463 e. The first-order valence-corrected chi connectivity index (χ1v) is 12.0. The SMILES string of the molecule is Cc1ccc(C(=C/C=C/c2ccc(Nc3cccc4ccccc34)cc2)c2ccc(C)cc2)cc1. The van der Waals surface area contributed by atoms with Crippen molar-refractivity contribution in [1.82, 2.24) is 0 Å². The highest BCUT2D eigenvalue weighted by molar-refractivity contribution is 5.95. The van der Waals surface area contributed by atoms with Gasteiger partial charge in [-0.15, -0.1) is 0 Å². The van der Waals surface area contributed by atoms with Crippen molar-refractivity contribution in [2.24, 2.45) is 0 Å². The zero-order valence-corrected chi connectivity index (χ0v) is 20.2. The molecule has 0 aliphatic heterocycles. The van der Waals surface area contributed by atoms with Crippen molar-refractivity contribution in [3.8, 4) is 0 Å². The van der Waals surface area contributed by atoms with Crippen LogP contribution in [0.3, 0.4) is 0 Å². The minimum atomic E-state index is 1.08. The summed E-state index contributed by atoms with van der Waals surface area (Å²) in [5.41, 5.74) is 9.56. The summed E-state index contributed by atoms with van der Waals surface area (Å²) in [5, 5.41) is 6.03. The molecule has 5 aromatic carbocycles. The molecule has 5 rings (SSSR count). The highest BCUT2D eigenvalue weighted by atomic mass is 14.9.